The Morgan fingerprint density at radius 1 is 1.00 bits per heavy atom. The molecule has 0 fully saturated rings. The van der Waals surface area contributed by atoms with Crippen LogP contribution in [0.4, 0.5) is 0 Å². The normalized spacial score (nSPS) is 11.2. The SMILES string of the molecule is O=C(N/N=C(/CSc1ccccn1)c1ccccc1)c1ccccc1O. The number of hydrazone groups is 1. The minimum atomic E-state index is -0.459. The maximum Gasteiger partial charge on any atom is 0.275 e. The van der Waals surface area contributed by atoms with Gasteiger partial charge in [-0.15, -0.1) is 0 Å². The quantitative estimate of drug-likeness (QED) is 0.398. The van der Waals surface area contributed by atoms with Crippen molar-refractivity contribution in [3.63, 3.8) is 0 Å². The standard InChI is InChI=1S/C20H17N3O2S/c24-18-11-5-4-10-16(18)20(25)23-22-17(15-8-2-1-3-9-15)14-26-19-12-6-7-13-21-19/h1-13,24H,14H2,(H,23,25)/b22-17-. The molecule has 1 aromatic heterocycles. The molecule has 3 aromatic rings. The van der Waals surface area contributed by atoms with E-state index in [4.69, 9.17) is 0 Å². The molecule has 0 atom stereocenters. The Morgan fingerprint density at radius 2 is 1.73 bits per heavy atom. The molecule has 6 heteroatoms. The summed E-state index contributed by atoms with van der Waals surface area (Å²) in [4.78, 5) is 16.6. The van der Waals surface area contributed by atoms with Crippen LogP contribution in [0.15, 0.2) is 89.1 Å². The van der Waals surface area contributed by atoms with Gasteiger partial charge in [-0.05, 0) is 29.8 Å². The molecule has 0 aliphatic heterocycles. The highest BCUT2D eigenvalue weighted by atomic mass is 32.2. The average Bonchev–Trinajstić information content (AvgIpc) is 2.69. The van der Waals surface area contributed by atoms with Crippen LogP contribution < -0.4 is 5.43 Å². The van der Waals surface area contributed by atoms with Crippen molar-refractivity contribution in [1.29, 1.82) is 0 Å². The van der Waals surface area contributed by atoms with E-state index in [1.54, 1.807) is 24.4 Å². The first-order valence-electron chi connectivity index (χ1n) is 7.98. The molecule has 1 heterocycles. The van der Waals surface area contributed by atoms with Crippen molar-refractivity contribution in [1.82, 2.24) is 10.4 Å². The highest BCUT2D eigenvalue weighted by Crippen LogP contribution is 2.17. The van der Waals surface area contributed by atoms with Crippen LogP contribution in [0.5, 0.6) is 5.75 Å². The molecule has 3 rings (SSSR count). The van der Waals surface area contributed by atoms with Gasteiger partial charge in [-0.1, -0.05) is 60.3 Å². The van der Waals surface area contributed by atoms with Crippen LogP contribution in [0.2, 0.25) is 0 Å². The summed E-state index contributed by atoms with van der Waals surface area (Å²) in [5, 5.41) is 15.0. The van der Waals surface area contributed by atoms with Crippen molar-refractivity contribution in [2.24, 2.45) is 5.10 Å². The van der Waals surface area contributed by atoms with Gasteiger partial charge in [0.05, 0.1) is 16.3 Å². The van der Waals surface area contributed by atoms with E-state index < -0.39 is 5.91 Å². The van der Waals surface area contributed by atoms with Gasteiger partial charge in [-0.2, -0.15) is 5.10 Å². The van der Waals surface area contributed by atoms with Crippen molar-refractivity contribution < 1.29 is 9.90 Å². The number of carbonyl (C=O) groups is 1. The molecule has 0 radical (unpaired) electrons. The number of amides is 1. The summed E-state index contributed by atoms with van der Waals surface area (Å²) in [5.41, 5.74) is 4.34. The Morgan fingerprint density at radius 3 is 2.46 bits per heavy atom. The Balaban J connectivity index is 1.77. The number of thioether (sulfide) groups is 1. The fourth-order valence-electron chi connectivity index (χ4n) is 2.23. The summed E-state index contributed by atoms with van der Waals surface area (Å²) in [6.45, 7) is 0. The summed E-state index contributed by atoms with van der Waals surface area (Å²) >= 11 is 1.53. The molecule has 0 bridgehead atoms. The average molecular weight is 363 g/mol. The fraction of sp³-hybridized carbons (Fsp3) is 0.0500. The summed E-state index contributed by atoms with van der Waals surface area (Å²) < 4.78 is 0. The number of rotatable bonds is 6. The third-order valence-corrected chi connectivity index (χ3v) is 4.50. The molecular formula is C20H17N3O2S. The van der Waals surface area contributed by atoms with Gasteiger partial charge in [0.25, 0.3) is 5.91 Å². The molecule has 0 aliphatic rings. The van der Waals surface area contributed by atoms with E-state index in [2.05, 4.69) is 15.5 Å². The number of phenols is 1. The van der Waals surface area contributed by atoms with Gasteiger partial charge in [-0.25, -0.2) is 10.4 Å². The number of aromatic nitrogens is 1. The lowest BCUT2D eigenvalue weighted by atomic mass is 10.1. The summed E-state index contributed by atoms with van der Waals surface area (Å²) in [5.74, 6) is 0.00548. The van der Waals surface area contributed by atoms with Crippen LogP contribution in [0, 0.1) is 0 Å². The number of phenolic OH excluding ortho intramolecular Hbond substituents is 1. The number of nitrogens with zero attached hydrogens (tertiary/aromatic N) is 2. The number of para-hydroxylation sites is 1. The number of pyridine rings is 1. The molecule has 26 heavy (non-hydrogen) atoms. The zero-order chi connectivity index (χ0) is 18.2. The van der Waals surface area contributed by atoms with E-state index >= 15 is 0 Å². The third-order valence-electron chi connectivity index (χ3n) is 3.54. The van der Waals surface area contributed by atoms with Crippen LogP contribution >= 0.6 is 11.8 Å². The first-order valence-corrected chi connectivity index (χ1v) is 8.97. The maximum atomic E-state index is 12.3. The lowest BCUT2D eigenvalue weighted by molar-refractivity contribution is 0.0952. The highest BCUT2D eigenvalue weighted by Gasteiger charge is 2.11. The lowest BCUT2D eigenvalue weighted by Crippen LogP contribution is -2.21. The zero-order valence-corrected chi connectivity index (χ0v) is 14.7. The number of aromatic hydroxyl groups is 1. The predicted octanol–water partition coefficient (Wildman–Crippen LogP) is 3.71. The highest BCUT2D eigenvalue weighted by molar-refractivity contribution is 7.99. The molecule has 0 saturated heterocycles. The molecule has 1 amide bonds. The van der Waals surface area contributed by atoms with Gasteiger partial charge in [0, 0.05) is 11.9 Å². The molecule has 0 saturated carbocycles. The molecule has 0 aliphatic carbocycles. The molecule has 0 spiro atoms. The van der Waals surface area contributed by atoms with E-state index in [1.807, 2.05) is 48.5 Å². The Hall–Kier alpha value is -3.12. The molecule has 0 unspecified atom stereocenters. The van der Waals surface area contributed by atoms with Gasteiger partial charge in [0.1, 0.15) is 5.75 Å². The number of carbonyl (C=O) groups excluding carboxylic acids is 1. The number of benzene rings is 2. The zero-order valence-electron chi connectivity index (χ0n) is 13.9. The third kappa shape index (κ3) is 4.70. The minimum Gasteiger partial charge on any atom is -0.507 e. The first-order chi connectivity index (χ1) is 12.7. The largest absolute Gasteiger partial charge is 0.507 e. The molecular weight excluding hydrogens is 346 g/mol. The van der Waals surface area contributed by atoms with Gasteiger partial charge in [-0.3, -0.25) is 4.79 Å². The maximum absolute atomic E-state index is 12.3. The second kappa shape index (κ2) is 8.82. The van der Waals surface area contributed by atoms with Gasteiger partial charge in [0.2, 0.25) is 0 Å². The Kier molecular flexibility index (Phi) is 6.01. The summed E-state index contributed by atoms with van der Waals surface area (Å²) in [6.07, 6.45) is 1.74. The summed E-state index contributed by atoms with van der Waals surface area (Å²) in [6, 6.07) is 21.7. The number of hydrogen-bond acceptors (Lipinski definition) is 5. The van der Waals surface area contributed by atoms with Crippen molar-refractivity contribution in [2.45, 2.75) is 5.03 Å². The van der Waals surface area contributed by atoms with Crippen molar-refractivity contribution in [3.05, 3.63) is 90.1 Å². The van der Waals surface area contributed by atoms with Crippen LogP contribution in [0.1, 0.15) is 15.9 Å². The Labute approximate surface area is 155 Å². The second-order valence-corrected chi connectivity index (χ2v) is 6.33. The van der Waals surface area contributed by atoms with Crippen LogP contribution in [0.25, 0.3) is 0 Å². The van der Waals surface area contributed by atoms with Crippen molar-refractivity contribution in [3.8, 4) is 5.75 Å². The van der Waals surface area contributed by atoms with E-state index in [1.165, 1.54) is 17.8 Å². The van der Waals surface area contributed by atoms with Crippen molar-refractivity contribution >= 4 is 23.4 Å². The van der Waals surface area contributed by atoms with Crippen molar-refractivity contribution in [2.75, 3.05) is 5.75 Å². The minimum absolute atomic E-state index is 0.0793. The summed E-state index contributed by atoms with van der Waals surface area (Å²) in [7, 11) is 0. The second-order valence-electron chi connectivity index (χ2n) is 5.34. The predicted molar refractivity (Wildman–Crippen MR) is 104 cm³/mol. The van der Waals surface area contributed by atoms with Gasteiger partial charge < -0.3 is 5.11 Å². The topological polar surface area (TPSA) is 74.6 Å². The first kappa shape index (κ1) is 17.7. The van der Waals surface area contributed by atoms with E-state index in [-0.39, 0.29) is 11.3 Å². The Bertz CT molecular complexity index is 899. The smallest absolute Gasteiger partial charge is 0.275 e. The lowest BCUT2D eigenvalue weighted by Gasteiger charge is -2.08. The molecule has 2 N–H and O–H groups in total. The van der Waals surface area contributed by atoms with Gasteiger partial charge in [0.15, 0.2) is 0 Å². The monoisotopic (exact) mass is 363 g/mol. The molecule has 2 aromatic carbocycles. The van der Waals surface area contributed by atoms with Crippen LogP contribution in [0.3, 0.4) is 0 Å². The number of hydrogen-bond donors (Lipinski definition) is 2. The van der Waals surface area contributed by atoms with E-state index in [0.29, 0.717) is 11.5 Å². The molecule has 130 valence electrons. The van der Waals surface area contributed by atoms with E-state index in [9.17, 15) is 9.90 Å². The number of nitrogens with one attached hydrogen (secondary N) is 1. The van der Waals surface area contributed by atoms with Crippen LogP contribution in [-0.2, 0) is 0 Å². The van der Waals surface area contributed by atoms with Gasteiger partial charge >= 0.3 is 0 Å². The molecule has 5 nitrogen and oxygen atoms in total. The fourth-order valence-corrected chi connectivity index (χ4v) is 3.06. The van der Waals surface area contributed by atoms with E-state index in [0.717, 1.165) is 10.6 Å². The van der Waals surface area contributed by atoms with Crippen LogP contribution in [-0.4, -0.2) is 27.5 Å².